The highest BCUT2D eigenvalue weighted by Gasteiger charge is 2.49. The van der Waals surface area contributed by atoms with Gasteiger partial charge in [0.1, 0.15) is 5.69 Å². The van der Waals surface area contributed by atoms with Crippen LogP contribution in [0.3, 0.4) is 0 Å². The summed E-state index contributed by atoms with van der Waals surface area (Å²) < 4.78 is 1.24. The molecule has 0 bridgehead atoms. The number of aryl methyl sites for hydroxylation is 1. The molecule has 0 aliphatic carbocycles. The molecular weight excluding hydrogens is 364 g/mol. The number of aromatic nitrogens is 2. The van der Waals surface area contributed by atoms with E-state index in [0.717, 1.165) is 38.6 Å². The van der Waals surface area contributed by atoms with Crippen LogP contribution in [0.4, 0.5) is 0 Å². The van der Waals surface area contributed by atoms with Crippen LogP contribution in [0.1, 0.15) is 55.1 Å². The quantitative estimate of drug-likeness (QED) is 0.869. The van der Waals surface area contributed by atoms with Crippen LogP contribution in [0.5, 0.6) is 0 Å². The lowest BCUT2D eigenvalue weighted by molar-refractivity contribution is 0.0417. The molecule has 2 aliphatic rings. The van der Waals surface area contributed by atoms with E-state index in [2.05, 4.69) is 41.6 Å². The van der Waals surface area contributed by atoms with Gasteiger partial charge in [0, 0.05) is 31.7 Å². The molecule has 6 nitrogen and oxygen atoms in total. The first-order valence-corrected chi connectivity index (χ1v) is 10.6. The topological polar surface area (TPSA) is 67.2 Å². The lowest BCUT2D eigenvalue weighted by Gasteiger charge is -2.44. The molecule has 29 heavy (non-hydrogen) atoms. The number of carbonyl (C=O) groups excluding carboxylic acids is 1. The van der Waals surface area contributed by atoms with E-state index in [4.69, 9.17) is 0 Å². The summed E-state index contributed by atoms with van der Waals surface area (Å²) in [5.74, 6) is -0.0721. The molecule has 1 aromatic carbocycles. The van der Waals surface area contributed by atoms with Crippen molar-refractivity contribution < 1.29 is 4.79 Å². The lowest BCUT2D eigenvalue weighted by atomic mass is 9.83. The third-order valence-electron chi connectivity index (χ3n) is 6.59. The molecule has 0 saturated carbocycles. The molecule has 2 fully saturated rings. The molecule has 154 valence electrons. The molecule has 2 saturated heterocycles. The number of nitrogens with zero attached hydrogens (tertiary/aromatic N) is 3. The normalized spacial score (nSPS) is 27.2. The van der Waals surface area contributed by atoms with E-state index in [-0.39, 0.29) is 23.0 Å². The number of hydrogen-bond acceptors (Lipinski definition) is 4. The molecule has 0 unspecified atom stereocenters. The first-order chi connectivity index (χ1) is 14.0. The summed E-state index contributed by atoms with van der Waals surface area (Å²) in [4.78, 5) is 27.2. The predicted octanol–water partition coefficient (Wildman–Crippen LogP) is 2.53. The second kappa shape index (κ2) is 8.11. The van der Waals surface area contributed by atoms with Crippen LogP contribution < -0.4 is 10.9 Å². The van der Waals surface area contributed by atoms with Gasteiger partial charge in [0.2, 0.25) is 0 Å². The minimum atomic E-state index is -0.257. The molecule has 0 spiro atoms. The molecule has 1 N–H and O–H groups in total. The van der Waals surface area contributed by atoms with Crippen molar-refractivity contribution in [1.82, 2.24) is 20.0 Å². The van der Waals surface area contributed by atoms with E-state index in [0.29, 0.717) is 11.7 Å². The summed E-state index contributed by atoms with van der Waals surface area (Å²) in [7, 11) is 1.59. The Hall–Kier alpha value is -2.47. The van der Waals surface area contributed by atoms with Gasteiger partial charge in [-0.3, -0.25) is 9.59 Å². The maximum absolute atomic E-state index is 13.5. The summed E-state index contributed by atoms with van der Waals surface area (Å²) in [6.07, 6.45) is 6.28. The second-order valence-electron chi connectivity index (χ2n) is 8.65. The molecule has 3 heterocycles. The number of hydrogen-bond donors (Lipinski definition) is 1. The Morgan fingerprint density at radius 3 is 2.72 bits per heavy atom. The van der Waals surface area contributed by atoms with Crippen molar-refractivity contribution >= 4 is 5.91 Å². The van der Waals surface area contributed by atoms with Crippen molar-refractivity contribution in [1.29, 1.82) is 0 Å². The van der Waals surface area contributed by atoms with Crippen molar-refractivity contribution in [3.05, 3.63) is 64.1 Å². The molecule has 1 aromatic heterocycles. The fraction of sp³-hybridized carbons (Fsp3) is 0.522. The maximum Gasteiger partial charge on any atom is 0.274 e. The van der Waals surface area contributed by atoms with Crippen LogP contribution in [0, 0.1) is 0 Å². The first-order valence-electron chi connectivity index (χ1n) is 10.6. The number of nitrogens with one attached hydrogen (secondary N) is 1. The van der Waals surface area contributed by atoms with Crippen LogP contribution >= 0.6 is 0 Å². The summed E-state index contributed by atoms with van der Waals surface area (Å²) in [6, 6.07) is 14.1. The van der Waals surface area contributed by atoms with E-state index in [1.165, 1.54) is 22.7 Å². The van der Waals surface area contributed by atoms with Crippen molar-refractivity contribution in [3.8, 4) is 0 Å². The van der Waals surface area contributed by atoms with Crippen molar-refractivity contribution in [2.45, 2.75) is 63.1 Å². The first kappa shape index (κ1) is 19.8. The van der Waals surface area contributed by atoms with E-state index < -0.39 is 0 Å². The molecule has 0 radical (unpaired) electrons. The van der Waals surface area contributed by atoms with Crippen molar-refractivity contribution in [2.75, 3.05) is 6.54 Å². The van der Waals surface area contributed by atoms with Crippen LogP contribution in [0.25, 0.3) is 0 Å². The average Bonchev–Trinajstić information content (AvgIpc) is 3.00. The Morgan fingerprint density at radius 1 is 1.17 bits per heavy atom. The summed E-state index contributed by atoms with van der Waals surface area (Å²) in [6.45, 7) is 2.96. The number of carbonyl (C=O) groups is 1. The van der Waals surface area contributed by atoms with Gasteiger partial charge in [-0.1, -0.05) is 43.2 Å². The van der Waals surface area contributed by atoms with Crippen LogP contribution in [-0.2, 0) is 13.5 Å². The third kappa shape index (κ3) is 3.99. The molecule has 2 aliphatic heterocycles. The minimum Gasteiger partial charge on any atom is -0.330 e. The summed E-state index contributed by atoms with van der Waals surface area (Å²) >= 11 is 0. The molecule has 4 rings (SSSR count). The van der Waals surface area contributed by atoms with Gasteiger partial charge in [0.05, 0.1) is 5.54 Å². The zero-order valence-corrected chi connectivity index (χ0v) is 17.3. The highest BCUT2D eigenvalue weighted by Crippen LogP contribution is 2.37. The van der Waals surface area contributed by atoms with Gasteiger partial charge < -0.3 is 10.2 Å². The van der Waals surface area contributed by atoms with Gasteiger partial charge in [0.15, 0.2) is 0 Å². The largest absolute Gasteiger partial charge is 0.330 e. The van der Waals surface area contributed by atoms with Gasteiger partial charge in [-0.05, 0) is 44.2 Å². The molecule has 1 amide bonds. The highest BCUT2D eigenvalue weighted by molar-refractivity contribution is 5.92. The molecule has 6 heteroatoms. The van der Waals surface area contributed by atoms with Crippen molar-refractivity contribution in [3.63, 3.8) is 0 Å². The molecule has 3 atom stereocenters. The fourth-order valence-electron chi connectivity index (χ4n) is 5.03. The van der Waals surface area contributed by atoms with E-state index in [1.54, 1.807) is 13.1 Å². The zero-order valence-electron chi connectivity index (χ0n) is 17.3. The highest BCUT2D eigenvalue weighted by atomic mass is 16.2. The number of likely N-dealkylation sites (tertiary alicyclic amines) is 1. The Kier molecular flexibility index (Phi) is 5.54. The second-order valence-corrected chi connectivity index (χ2v) is 8.65. The SMILES string of the molecule is Cn1nc(C(=O)N2CCCCC[C@@H]3N[C@H](Cc4ccccc4)C[C@@]32C)ccc1=O. The molecular formula is C23H30N4O2. The van der Waals surface area contributed by atoms with Crippen LogP contribution in [0.15, 0.2) is 47.3 Å². The number of benzene rings is 1. The van der Waals surface area contributed by atoms with E-state index in [1.807, 2.05) is 11.0 Å². The Bertz CT molecular complexity index is 926. The fourth-order valence-corrected chi connectivity index (χ4v) is 5.03. The van der Waals surface area contributed by atoms with Gasteiger partial charge >= 0.3 is 0 Å². The Labute approximate surface area is 171 Å². The maximum atomic E-state index is 13.5. The smallest absolute Gasteiger partial charge is 0.274 e. The Balaban J connectivity index is 1.61. The van der Waals surface area contributed by atoms with Crippen LogP contribution in [-0.4, -0.2) is 44.8 Å². The zero-order chi connectivity index (χ0) is 20.4. The van der Waals surface area contributed by atoms with Crippen molar-refractivity contribution in [2.24, 2.45) is 7.05 Å². The summed E-state index contributed by atoms with van der Waals surface area (Å²) in [5, 5.41) is 8.06. The average molecular weight is 395 g/mol. The molecule has 2 aromatic rings. The lowest BCUT2D eigenvalue weighted by Crippen LogP contribution is -2.57. The number of rotatable bonds is 3. The van der Waals surface area contributed by atoms with Gasteiger partial charge in [-0.25, -0.2) is 4.68 Å². The van der Waals surface area contributed by atoms with Gasteiger partial charge in [0.25, 0.3) is 11.5 Å². The number of amides is 1. The van der Waals surface area contributed by atoms with E-state index in [9.17, 15) is 9.59 Å². The van der Waals surface area contributed by atoms with Crippen LogP contribution in [0.2, 0.25) is 0 Å². The standard InChI is InChI=1S/C23H30N4O2/c1-23-16-18(15-17-9-5-3-6-10-17)24-20(23)11-7-4-8-14-27(23)22(29)19-12-13-21(28)26(2)25-19/h3,5-6,9-10,12-13,18,20,24H,4,7-8,11,14-16H2,1-2H3/t18-,20+,23+/m1/s1. The number of fused-ring (bicyclic) bond motifs is 1. The van der Waals surface area contributed by atoms with E-state index >= 15 is 0 Å². The van der Waals surface area contributed by atoms with Gasteiger partial charge in [-0.15, -0.1) is 0 Å². The summed E-state index contributed by atoms with van der Waals surface area (Å²) in [5.41, 5.74) is 1.20. The Morgan fingerprint density at radius 2 is 1.97 bits per heavy atom. The predicted molar refractivity (Wildman–Crippen MR) is 113 cm³/mol. The minimum absolute atomic E-state index is 0.0721. The van der Waals surface area contributed by atoms with Gasteiger partial charge in [-0.2, -0.15) is 5.10 Å². The monoisotopic (exact) mass is 394 g/mol. The third-order valence-corrected chi connectivity index (χ3v) is 6.59.